The van der Waals surface area contributed by atoms with Crippen molar-refractivity contribution in [2.24, 2.45) is 5.92 Å². The van der Waals surface area contributed by atoms with Crippen LogP contribution in [0, 0.1) is 11.7 Å². The maximum atomic E-state index is 13.8. The zero-order chi connectivity index (χ0) is 14.0. The third-order valence-corrected chi connectivity index (χ3v) is 3.78. The highest BCUT2D eigenvalue weighted by atomic mass is 35.5. The molecule has 1 aromatic carbocycles. The molecule has 0 N–H and O–H groups in total. The average molecular weight is 284 g/mol. The van der Waals surface area contributed by atoms with Crippen molar-refractivity contribution in [3.8, 4) is 0 Å². The summed E-state index contributed by atoms with van der Waals surface area (Å²) in [6, 6.07) is 4.37. The summed E-state index contributed by atoms with van der Waals surface area (Å²) in [5.41, 5.74) is -0.0308. The fraction of sp³-hybridized carbons (Fsp3) is 0.429. The lowest BCUT2D eigenvalue weighted by Crippen LogP contribution is -2.44. The summed E-state index contributed by atoms with van der Waals surface area (Å²) in [4.78, 5) is 25.4. The first-order valence-electron chi connectivity index (χ1n) is 6.30. The van der Waals surface area contributed by atoms with Gasteiger partial charge in [-0.05, 0) is 18.6 Å². The van der Waals surface area contributed by atoms with E-state index in [0.717, 1.165) is 0 Å². The van der Waals surface area contributed by atoms with Gasteiger partial charge in [0.05, 0.1) is 10.6 Å². The highest BCUT2D eigenvalue weighted by Crippen LogP contribution is 2.22. The first-order valence-corrected chi connectivity index (χ1v) is 6.68. The summed E-state index contributed by atoms with van der Waals surface area (Å²) in [6.45, 7) is 2.62. The Morgan fingerprint density at radius 3 is 2.95 bits per heavy atom. The fourth-order valence-corrected chi connectivity index (χ4v) is 2.46. The number of carbonyl (C=O) groups is 2. The number of likely N-dealkylation sites (tertiary alicyclic amines) is 1. The molecule has 0 aromatic heterocycles. The third kappa shape index (κ3) is 2.78. The predicted octanol–water partition coefficient (Wildman–Crippen LogP) is 2.92. The summed E-state index contributed by atoms with van der Waals surface area (Å²) >= 11 is 5.68. The summed E-state index contributed by atoms with van der Waals surface area (Å²) in [6.07, 6.45) is 1.03. The standard InChI is InChI=1S/C14H15ClFNO2/c1-2-9-8-17(7-6-12(9)18)14(19)10-4-3-5-11(15)13(10)16/h3-5,9H,2,6-8H2,1H3. The van der Waals surface area contributed by atoms with Crippen LogP contribution < -0.4 is 0 Å². The van der Waals surface area contributed by atoms with Crippen molar-refractivity contribution >= 4 is 23.3 Å². The van der Waals surface area contributed by atoms with E-state index in [1.807, 2.05) is 6.92 Å². The normalized spacial score (nSPS) is 19.6. The molecule has 1 aliphatic rings. The van der Waals surface area contributed by atoms with Crippen LogP contribution in [-0.2, 0) is 4.79 Å². The van der Waals surface area contributed by atoms with Gasteiger partial charge in [-0.1, -0.05) is 24.6 Å². The maximum absolute atomic E-state index is 13.8. The third-order valence-electron chi connectivity index (χ3n) is 3.49. The fourth-order valence-electron chi connectivity index (χ4n) is 2.29. The number of hydrogen-bond donors (Lipinski definition) is 0. The van der Waals surface area contributed by atoms with Crippen molar-refractivity contribution in [2.45, 2.75) is 19.8 Å². The van der Waals surface area contributed by atoms with Gasteiger partial charge in [-0.15, -0.1) is 0 Å². The molecule has 0 radical (unpaired) electrons. The summed E-state index contributed by atoms with van der Waals surface area (Å²) in [7, 11) is 0. The molecule has 2 rings (SSSR count). The Labute approximate surface area is 116 Å². The van der Waals surface area contributed by atoms with E-state index in [2.05, 4.69) is 0 Å². The first-order chi connectivity index (χ1) is 9.04. The molecule has 1 aliphatic heterocycles. The van der Waals surface area contributed by atoms with Gasteiger partial charge in [0, 0.05) is 25.4 Å². The number of rotatable bonds is 2. The number of halogens is 2. The number of carbonyl (C=O) groups excluding carboxylic acids is 2. The van der Waals surface area contributed by atoms with Gasteiger partial charge in [0.15, 0.2) is 5.82 Å². The quantitative estimate of drug-likeness (QED) is 0.837. The molecule has 5 heteroatoms. The second-order valence-electron chi connectivity index (χ2n) is 4.67. The van der Waals surface area contributed by atoms with E-state index in [4.69, 9.17) is 11.6 Å². The lowest BCUT2D eigenvalue weighted by Gasteiger charge is -2.31. The Bertz CT molecular complexity index is 518. The lowest BCUT2D eigenvalue weighted by molar-refractivity contribution is -0.125. The van der Waals surface area contributed by atoms with Crippen molar-refractivity contribution in [2.75, 3.05) is 13.1 Å². The van der Waals surface area contributed by atoms with Crippen LogP contribution in [0.5, 0.6) is 0 Å². The Kier molecular flexibility index (Phi) is 4.20. The number of ketones is 1. The summed E-state index contributed by atoms with van der Waals surface area (Å²) < 4.78 is 13.8. The number of amides is 1. The molecule has 1 fully saturated rings. The molecule has 0 bridgehead atoms. The molecule has 19 heavy (non-hydrogen) atoms. The van der Waals surface area contributed by atoms with Crippen LogP contribution in [0.3, 0.4) is 0 Å². The highest BCUT2D eigenvalue weighted by Gasteiger charge is 2.30. The first kappa shape index (κ1) is 14.0. The SMILES string of the molecule is CCC1CN(C(=O)c2cccc(Cl)c2F)CCC1=O. The van der Waals surface area contributed by atoms with E-state index in [-0.39, 0.29) is 22.3 Å². The molecular weight excluding hydrogens is 269 g/mol. The van der Waals surface area contributed by atoms with Gasteiger partial charge in [-0.3, -0.25) is 9.59 Å². The molecule has 1 atom stereocenters. The number of piperidine rings is 1. The average Bonchev–Trinajstić information content (AvgIpc) is 2.41. The predicted molar refractivity (Wildman–Crippen MR) is 70.7 cm³/mol. The van der Waals surface area contributed by atoms with Crippen molar-refractivity contribution < 1.29 is 14.0 Å². The minimum absolute atomic E-state index is 0.0308. The summed E-state index contributed by atoms with van der Waals surface area (Å²) in [5.74, 6) is -1.05. The van der Waals surface area contributed by atoms with Crippen molar-refractivity contribution in [3.63, 3.8) is 0 Å². The zero-order valence-corrected chi connectivity index (χ0v) is 11.4. The highest BCUT2D eigenvalue weighted by molar-refractivity contribution is 6.31. The largest absolute Gasteiger partial charge is 0.337 e. The van der Waals surface area contributed by atoms with Crippen LogP contribution in [0.15, 0.2) is 18.2 Å². The molecule has 1 saturated heterocycles. The van der Waals surface area contributed by atoms with Gasteiger partial charge >= 0.3 is 0 Å². The minimum Gasteiger partial charge on any atom is -0.337 e. The number of Topliss-reactive ketones (excluding diaryl/α,β-unsaturated/α-hetero) is 1. The van der Waals surface area contributed by atoms with Gasteiger partial charge < -0.3 is 4.90 Å². The number of nitrogens with zero attached hydrogens (tertiary/aromatic N) is 1. The molecule has 0 aliphatic carbocycles. The van der Waals surface area contributed by atoms with Gasteiger partial charge in [0.25, 0.3) is 5.91 Å². The Morgan fingerprint density at radius 2 is 2.26 bits per heavy atom. The molecule has 1 unspecified atom stereocenters. The molecule has 1 heterocycles. The molecule has 1 aromatic rings. The van der Waals surface area contributed by atoms with E-state index in [0.29, 0.717) is 25.9 Å². The topological polar surface area (TPSA) is 37.4 Å². The van der Waals surface area contributed by atoms with E-state index in [1.165, 1.54) is 17.0 Å². The van der Waals surface area contributed by atoms with Gasteiger partial charge in [-0.2, -0.15) is 0 Å². The van der Waals surface area contributed by atoms with Crippen LogP contribution in [0.1, 0.15) is 30.1 Å². The second kappa shape index (κ2) is 5.70. The maximum Gasteiger partial charge on any atom is 0.256 e. The lowest BCUT2D eigenvalue weighted by atomic mass is 9.93. The monoisotopic (exact) mass is 283 g/mol. The van der Waals surface area contributed by atoms with Crippen molar-refractivity contribution in [1.82, 2.24) is 4.90 Å². The van der Waals surface area contributed by atoms with Gasteiger partial charge in [-0.25, -0.2) is 4.39 Å². The smallest absolute Gasteiger partial charge is 0.256 e. The summed E-state index contributed by atoms with van der Waals surface area (Å²) in [5, 5.41) is -0.0639. The van der Waals surface area contributed by atoms with Gasteiger partial charge in [0.2, 0.25) is 0 Å². The van der Waals surface area contributed by atoms with E-state index in [1.54, 1.807) is 6.07 Å². The second-order valence-corrected chi connectivity index (χ2v) is 5.08. The van der Waals surface area contributed by atoms with E-state index >= 15 is 0 Å². The molecule has 0 saturated carbocycles. The number of benzene rings is 1. The molecule has 1 amide bonds. The zero-order valence-electron chi connectivity index (χ0n) is 10.7. The molecular formula is C14H15ClFNO2. The van der Waals surface area contributed by atoms with Crippen LogP contribution in [-0.4, -0.2) is 29.7 Å². The number of hydrogen-bond acceptors (Lipinski definition) is 2. The molecule has 102 valence electrons. The van der Waals surface area contributed by atoms with Crippen molar-refractivity contribution in [1.29, 1.82) is 0 Å². The van der Waals surface area contributed by atoms with Crippen LogP contribution >= 0.6 is 11.6 Å². The molecule has 3 nitrogen and oxygen atoms in total. The van der Waals surface area contributed by atoms with Gasteiger partial charge in [0.1, 0.15) is 5.78 Å². The Morgan fingerprint density at radius 1 is 1.53 bits per heavy atom. The van der Waals surface area contributed by atoms with Crippen LogP contribution in [0.2, 0.25) is 5.02 Å². The van der Waals surface area contributed by atoms with Crippen molar-refractivity contribution in [3.05, 3.63) is 34.6 Å². The Balaban J connectivity index is 2.20. The van der Waals surface area contributed by atoms with E-state index < -0.39 is 11.7 Å². The Hall–Kier alpha value is -1.42. The van der Waals surface area contributed by atoms with Crippen LogP contribution in [0.25, 0.3) is 0 Å². The van der Waals surface area contributed by atoms with E-state index in [9.17, 15) is 14.0 Å². The minimum atomic E-state index is -0.695. The molecule has 0 spiro atoms. The van der Waals surface area contributed by atoms with Crippen LogP contribution in [0.4, 0.5) is 4.39 Å².